The van der Waals surface area contributed by atoms with E-state index in [0.717, 1.165) is 48.3 Å². The number of nitrogens with one attached hydrogen (secondary N) is 2. The van der Waals surface area contributed by atoms with Crippen LogP contribution < -0.4 is 10.6 Å². The molecule has 0 radical (unpaired) electrons. The number of carbonyl (C=O) groups is 1. The summed E-state index contributed by atoms with van der Waals surface area (Å²) in [6.07, 6.45) is 15.7. The highest BCUT2D eigenvalue weighted by Crippen LogP contribution is 2.38. The van der Waals surface area contributed by atoms with Crippen molar-refractivity contribution in [3.8, 4) is 0 Å². The maximum absolute atomic E-state index is 12.6. The van der Waals surface area contributed by atoms with Crippen molar-refractivity contribution in [2.45, 2.75) is 129 Å². The Morgan fingerprint density at radius 2 is 1.31 bits per heavy atom. The zero-order valence-corrected chi connectivity index (χ0v) is 30.1. The average Bonchev–Trinajstić information content (AvgIpc) is 3.14. The summed E-state index contributed by atoms with van der Waals surface area (Å²) < 4.78 is 13.3. The second kappa shape index (κ2) is 22.5. The summed E-state index contributed by atoms with van der Waals surface area (Å²) in [6, 6.07) is 25.5. The van der Waals surface area contributed by atoms with Gasteiger partial charge in [-0.2, -0.15) is 0 Å². The van der Waals surface area contributed by atoms with Gasteiger partial charge in [0.15, 0.2) is 6.29 Å². The lowest BCUT2D eigenvalue weighted by molar-refractivity contribution is -0.253. The zero-order chi connectivity index (χ0) is 34.5. The lowest BCUT2D eigenvalue weighted by atomic mass is 9.99. The number of anilines is 1. The number of aliphatic hydroxyl groups excluding tert-OH is 1. The molecule has 3 aromatic rings. The van der Waals surface area contributed by atoms with Crippen LogP contribution in [-0.4, -0.2) is 41.8 Å². The summed E-state index contributed by atoms with van der Waals surface area (Å²) in [5.41, 5.74) is 4.68. The molecule has 3 atom stereocenters. The molecule has 0 saturated carbocycles. The first-order valence-electron chi connectivity index (χ1n) is 19.0. The van der Waals surface area contributed by atoms with E-state index in [1.54, 1.807) is 0 Å². The maximum Gasteiger partial charge on any atom is 0.319 e. The smallest absolute Gasteiger partial charge is 0.319 e. The third-order valence-electron chi connectivity index (χ3n) is 9.47. The van der Waals surface area contributed by atoms with E-state index in [1.165, 1.54) is 77.0 Å². The molecule has 1 heterocycles. The molecule has 0 bridgehead atoms. The predicted molar refractivity (Wildman–Crippen MR) is 200 cm³/mol. The van der Waals surface area contributed by atoms with Crippen molar-refractivity contribution in [2.24, 2.45) is 0 Å². The van der Waals surface area contributed by atoms with Crippen molar-refractivity contribution in [3.63, 3.8) is 0 Å². The molecule has 3 aromatic carbocycles. The van der Waals surface area contributed by atoms with Crippen molar-refractivity contribution in [1.82, 2.24) is 10.2 Å². The minimum atomic E-state index is -0.521. The molecular weight excluding hydrogens is 610 g/mol. The summed E-state index contributed by atoms with van der Waals surface area (Å²) in [5, 5.41) is 15.5. The van der Waals surface area contributed by atoms with Gasteiger partial charge in [-0.25, -0.2) is 4.79 Å². The molecule has 1 aliphatic heterocycles. The fourth-order valence-electron chi connectivity index (χ4n) is 6.52. The van der Waals surface area contributed by atoms with E-state index < -0.39 is 6.29 Å². The summed E-state index contributed by atoms with van der Waals surface area (Å²) in [5.74, 6) is 0. The Labute approximate surface area is 295 Å². The minimum absolute atomic E-state index is 0.0167. The molecule has 0 aliphatic carbocycles. The number of nitrogens with zero attached hydrogens (tertiary/aromatic N) is 1. The standard InChI is InChI=1S/C42H61N3O4/c1-3-5-7-9-11-16-28-45(29-17-12-10-8-6-4-2)32-39-30-40(36-22-20-35(33-46)21-23-36)49-41(48-39)37-24-26-38(27-25-37)44-42(47)43-31-34-18-14-13-15-19-34/h13-15,18-27,39-41,46H,3-12,16-17,28-33H2,1-2H3,(H2,43,44,47)/t39-,40+,41+/m1/s1. The van der Waals surface area contributed by atoms with Crippen LogP contribution in [0.2, 0.25) is 0 Å². The molecule has 7 heteroatoms. The highest BCUT2D eigenvalue weighted by Gasteiger charge is 2.33. The van der Waals surface area contributed by atoms with E-state index >= 15 is 0 Å². The first-order valence-corrected chi connectivity index (χ1v) is 19.0. The summed E-state index contributed by atoms with van der Waals surface area (Å²) in [7, 11) is 0. The predicted octanol–water partition coefficient (Wildman–Crippen LogP) is 10.1. The molecule has 1 aliphatic rings. The molecular formula is C42H61N3O4. The Hall–Kier alpha value is -3.23. The lowest BCUT2D eigenvalue weighted by Crippen LogP contribution is -2.40. The Morgan fingerprint density at radius 3 is 1.92 bits per heavy atom. The van der Waals surface area contributed by atoms with Gasteiger partial charge in [0.05, 0.1) is 18.8 Å². The average molecular weight is 672 g/mol. The van der Waals surface area contributed by atoms with Crippen molar-refractivity contribution < 1.29 is 19.4 Å². The summed E-state index contributed by atoms with van der Waals surface area (Å²) in [6.45, 7) is 8.13. The second-order valence-electron chi connectivity index (χ2n) is 13.6. The van der Waals surface area contributed by atoms with E-state index in [0.29, 0.717) is 12.2 Å². The fraction of sp³-hybridized carbons (Fsp3) is 0.548. The Kier molecular flexibility index (Phi) is 17.7. The molecule has 0 aromatic heterocycles. The Bertz CT molecular complexity index is 1290. The molecule has 0 unspecified atom stereocenters. The van der Waals surface area contributed by atoms with Crippen LogP contribution in [0.4, 0.5) is 10.5 Å². The number of carbonyl (C=O) groups excluding carboxylic acids is 1. The summed E-state index contributed by atoms with van der Waals surface area (Å²) >= 11 is 0. The normalized spacial score (nSPS) is 17.7. The van der Waals surface area contributed by atoms with E-state index in [2.05, 4.69) is 41.5 Å². The number of benzene rings is 3. The number of ether oxygens (including phenoxy) is 2. The van der Waals surface area contributed by atoms with E-state index in [9.17, 15) is 9.90 Å². The molecule has 4 rings (SSSR count). The molecule has 49 heavy (non-hydrogen) atoms. The van der Waals surface area contributed by atoms with Crippen LogP contribution in [0, 0.1) is 0 Å². The number of urea groups is 1. The molecule has 0 spiro atoms. The SMILES string of the molecule is CCCCCCCCN(CCCCCCCC)C[C@H]1C[C@@H](c2ccc(CO)cc2)O[C@@H](c2ccc(NC(=O)NCc3ccccc3)cc2)O1. The first-order chi connectivity index (χ1) is 24.1. The lowest BCUT2D eigenvalue weighted by Gasteiger charge is -2.38. The zero-order valence-electron chi connectivity index (χ0n) is 30.1. The number of rotatable bonds is 22. The largest absolute Gasteiger partial charge is 0.392 e. The molecule has 268 valence electrons. The van der Waals surface area contributed by atoms with Gasteiger partial charge in [0.25, 0.3) is 0 Å². The molecule has 7 nitrogen and oxygen atoms in total. The van der Waals surface area contributed by atoms with Gasteiger partial charge in [0.1, 0.15) is 0 Å². The third-order valence-corrected chi connectivity index (χ3v) is 9.47. The van der Waals surface area contributed by atoms with Gasteiger partial charge < -0.3 is 30.1 Å². The van der Waals surface area contributed by atoms with Crippen LogP contribution in [0.1, 0.15) is 132 Å². The van der Waals surface area contributed by atoms with Gasteiger partial charge in [-0.1, -0.05) is 145 Å². The Balaban J connectivity index is 1.41. The van der Waals surface area contributed by atoms with Gasteiger partial charge in [0, 0.05) is 30.8 Å². The number of unbranched alkanes of at least 4 members (excludes halogenated alkanes) is 10. The second-order valence-corrected chi connectivity index (χ2v) is 13.6. The maximum atomic E-state index is 12.6. The summed E-state index contributed by atoms with van der Waals surface area (Å²) in [4.78, 5) is 15.2. The van der Waals surface area contributed by atoms with Crippen molar-refractivity contribution in [2.75, 3.05) is 25.0 Å². The topological polar surface area (TPSA) is 83.1 Å². The van der Waals surface area contributed by atoms with E-state index in [4.69, 9.17) is 9.47 Å². The van der Waals surface area contributed by atoms with Crippen LogP contribution in [0.3, 0.4) is 0 Å². The first kappa shape index (κ1) is 38.6. The van der Waals surface area contributed by atoms with Crippen LogP contribution in [-0.2, 0) is 22.6 Å². The van der Waals surface area contributed by atoms with E-state index in [-0.39, 0.29) is 24.8 Å². The van der Waals surface area contributed by atoms with Crippen molar-refractivity contribution in [1.29, 1.82) is 0 Å². The van der Waals surface area contributed by atoms with Gasteiger partial charge in [-0.05, 0) is 54.8 Å². The highest BCUT2D eigenvalue weighted by molar-refractivity contribution is 5.89. The van der Waals surface area contributed by atoms with Gasteiger partial charge in [0.2, 0.25) is 0 Å². The van der Waals surface area contributed by atoms with Crippen LogP contribution >= 0.6 is 0 Å². The van der Waals surface area contributed by atoms with Gasteiger partial charge in [-0.15, -0.1) is 0 Å². The molecule has 1 fully saturated rings. The quantitative estimate of drug-likeness (QED) is 0.0927. The van der Waals surface area contributed by atoms with Gasteiger partial charge in [-0.3, -0.25) is 0 Å². The van der Waals surface area contributed by atoms with Crippen LogP contribution in [0.5, 0.6) is 0 Å². The number of aliphatic hydroxyl groups is 1. The van der Waals surface area contributed by atoms with Crippen molar-refractivity contribution >= 4 is 11.7 Å². The van der Waals surface area contributed by atoms with Gasteiger partial charge >= 0.3 is 6.03 Å². The third kappa shape index (κ3) is 14.3. The van der Waals surface area contributed by atoms with Crippen LogP contribution in [0.25, 0.3) is 0 Å². The molecule has 1 saturated heterocycles. The van der Waals surface area contributed by atoms with E-state index in [1.807, 2.05) is 66.7 Å². The number of amides is 2. The number of hydrogen-bond donors (Lipinski definition) is 3. The number of hydrogen-bond acceptors (Lipinski definition) is 5. The molecule has 3 N–H and O–H groups in total. The molecule has 2 amide bonds. The van der Waals surface area contributed by atoms with Crippen LogP contribution in [0.15, 0.2) is 78.9 Å². The highest BCUT2D eigenvalue weighted by atomic mass is 16.7. The monoisotopic (exact) mass is 671 g/mol. The Morgan fingerprint density at radius 1 is 0.714 bits per heavy atom. The minimum Gasteiger partial charge on any atom is -0.392 e. The fourth-order valence-corrected chi connectivity index (χ4v) is 6.52. The van der Waals surface area contributed by atoms with Crippen molar-refractivity contribution in [3.05, 3.63) is 101 Å².